The van der Waals surface area contributed by atoms with Crippen LogP contribution in [-0.2, 0) is 0 Å². The van der Waals surface area contributed by atoms with E-state index in [1.807, 2.05) is 6.08 Å². The maximum Gasteiger partial charge on any atom is 0.0656 e. The summed E-state index contributed by atoms with van der Waals surface area (Å²) < 4.78 is 0. The predicted molar refractivity (Wildman–Crippen MR) is 54.2 cm³/mol. The second kappa shape index (κ2) is 5.77. The molecule has 1 heterocycles. The Morgan fingerprint density at radius 3 is 2.69 bits per heavy atom. The fraction of sp³-hybridized carbons (Fsp3) is 0.727. The predicted octanol–water partition coefficient (Wildman–Crippen LogP) is 2.19. The molecule has 1 aliphatic heterocycles. The number of likely N-dealkylation sites (tertiary alicyclic amines) is 1. The lowest BCUT2D eigenvalue weighted by Gasteiger charge is -2.28. The Labute approximate surface area is 80.8 Å². The van der Waals surface area contributed by atoms with Gasteiger partial charge in [-0.1, -0.05) is 6.08 Å². The van der Waals surface area contributed by atoms with E-state index in [2.05, 4.69) is 17.5 Å². The zero-order chi connectivity index (χ0) is 9.52. The molecule has 0 saturated carbocycles. The minimum Gasteiger partial charge on any atom is -0.303 e. The number of hydrogen-bond donors (Lipinski definition) is 0. The number of unbranched alkanes of at least 4 members (excludes halogenated alkanes) is 1. The molecule has 0 spiro atoms. The van der Waals surface area contributed by atoms with Crippen molar-refractivity contribution in [2.24, 2.45) is 5.92 Å². The van der Waals surface area contributed by atoms with Gasteiger partial charge in [-0.05, 0) is 45.3 Å². The molecular formula is C11H18N2. The Morgan fingerprint density at radius 1 is 1.46 bits per heavy atom. The lowest BCUT2D eigenvalue weighted by atomic mass is 9.98. The van der Waals surface area contributed by atoms with Crippen molar-refractivity contribution >= 4 is 0 Å². The Hall–Kier alpha value is -0.810. The molecule has 0 aromatic heterocycles. The van der Waals surface area contributed by atoms with Gasteiger partial charge in [0.25, 0.3) is 0 Å². The molecule has 0 bridgehead atoms. The van der Waals surface area contributed by atoms with E-state index in [4.69, 9.17) is 5.26 Å². The molecule has 72 valence electrons. The molecular weight excluding hydrogens is 160 g/mol. The molecule has 0 aromatic rings. The maximum atomic E-state index is 8.71. The van der Waals surface area contributed by atoms with E-state index in [-0.39, 0.29) is 0 Å². The zero-order valence-electron chi connectivity index (χ0n) is 8.21. The van der Waals surface area contributed by atoms with Crippen LogP contribution in [0.15, 0.2) is 12.7 Å². The second-order valence-electron chi connectivity index (χ2n) is 3.68. The van der Waals surface area contributed by atoms with E-state index in [1.165, 1.54) is 13.0 Å². The van der Waals surface area contributed by atoms with E-state index >= 15 is 0 Å². The van der Waals surface area contributed by atoms with Crippen LogP contribution in [-0.4, -0.2) is 24.5 Å². The number of hydrogen-bond acceptors (Lipinski definition) is 2. The largest absolute Gasteiger partial charge is 0.303 e. The van der Waals surface area contributed by atoms with Crippen molar-refractivity contribution in [3.05, 3.63) is 12.7 Å². The van der Waals surface area contributed by atoms with E-state index in [9.17, 15) is 0 Å². The number of piperidine rings is 1. The highest BCUT2D eigenvalue weighted by Gasteiger charge is 2.17. The monoisotopic (exact) mass is 178 g/mol. The van der Waals surface area contributed by atoms with Crippen LogP contribution in [0.5, 0.6) is 0 Å². The van der Waals surface area contributed by atoms with Crippen LogP contribution in [0.3, 0.4) is 0 Å². The third-order valence-electron chi connectivity index (χ3n) is 2.65. The van der Waals surface area contributed by atoms with E-state index in [1.54, 1.807) is 0 Å². The molecule has 0 radical (unpaired) electrons. The fourth-order valence-electron chi connectivity index (χ4n) is 1.74. The van der Waals surface area contributed by atoms with E-state index < -0.39 is 0 Å². The average molecular weight is 178 g/mol. The maximum absolute atomic E-state index is 8.71. The standard InChI is InChI=1S/C11H18N2/c1-2-3-4-7-13-8-5-11(10-12)6-9-13/h2,11H,1,3-9H2. The quantitative estimate of drug-likeness (QED) is 0.487. The molecule has 2 nitrogen and oxygen atoms in total. The van der Waals surface area contributed by atoms with Gasteiger partial charge in [0.05, 0.1) is 6.07 Å². The van der Waals surface area contributed by atoms with Crippen molar-refractivity contribution in [3.8, 4) is 6.07 Å². The summed E-state index contributed by atoms with van der Waals surface area (Å²) in [5.41, 5.74) is 0. The minimum atomic E-state index is 0.315. The van der Waals surface area contributed by atoms with Crippen LogP contribution in [0.4, 0.5) is 0 Å². The summed E-state index contributed by atoms with van der Waals surface area (Å²) in [7, 11) is 0. The first-order chi connectivity index (χ1) is 6.36. The van der Waals surface area contributed by atoms with Gasteiger partial charge in [-0.25, -0.2) is 0 Å². The first-order valence-electron chi connectivity index (χ1n) is 5.09. The first kappa shape index (κ1) is 10.3. The van der Waals surface area contributed by atoms with Crippen LogP contribution in [0.2, 0.25) is 0 Å². The Balaban J connectivity index is 2.11. The highest BCUT2D eigenvalue weighted by molar-refractivity contribution is 4.87. The van der Waals surface area contributed by atoms with Crippen molar-refractivity contribution in [1.82, 2.24) is 4.90 Å². The van der Waals surface area contributed by atoms with Crippen molar-refractivity contribution in [3.63, 3.8) is 0 Å². The molecule has 0 amide bonds. The number of nitriles is 1. The van der Waals surface area contributed by atoms with Crippen LogP contribution < -0.4 is 0 Å². The number of nitrogens with zero attached hydrogens (tertiary/aromatic N) is 2. The molecule has 0 unspecified atom stereocenters. The summed E-state index contributed by atoms with van der Waals surface area (Å²) in [6.07, 6.45) is 6.41. The van der Waals surface area contributed by atoms with E-state index in [0.717, 1.165) is 32.4 Å². The molecule has 1 aliphatic rings. The summed E-state index contributed by atoms with van der Waals surface area (Å²) in [4.78, 5) is 2.46. The lowest BCUT2D eigenvalue weighted by Crippen LogP contribution is -2.33. The molecule has 1 rings (SSSR count). The van der Waals surface area contributed by atoms with Gasteiger partial charge in [0.2, 0.25) is 0 Å². The third kappa shape index (κ3) is 3.61. The molecule has 0 aromatic carbocycles. The van der Waals surface area contributed by atoms with Gasteiger partial charge >= 0.3 is 0 Å². The number of rotatable bonds is 4. The summed E-state index contributed by atoms with van der Waals surface area (Å²) >= 11 is 0. The molecule has 13 heavy (non-hydrogen) atoms. The average Bonchev–Trinajstić information content (AvgIpc) is 2.19. The molecule has 0 atom stereocenters. The van der Waals surface area contributed by atoms with Gasteiger partial charge in [0.1, 0.15) is 0 Å². The van der Waals surface area contributed by atoms with Gasteiger partial charge in [-0.2, -0.15) is 5.26 Å². The van der Waals surface area contributed by atoms with Crippen LogP contribution >= 0.6 is 0 Å². The topological polar surface area (TPSA) is 27.0 Å². The molecule has 0 aliphatic carbocycles. The molecule has 2 heteroatoms. The van der Waals surface area contributed by atoms with Gasteiger partial charge in [-0.15, -0.1) is 6.58 Å². The van der Waals surface area contributed by atoms with Gasteiger partial charge in [-0.3, -0.25) is 0 Å². The lowest BCUT2D eigenvalue weighted by molar-refractivity contribution is 0.204. The van der Waals surface area contributed by atoms with Crippen molar-refractivity contribution < 1.29 is 0 Å². The van der Waals surface area contributed by atoms with Gasteiger partial charge in [0.15, 0.2) is 0 Å². The highest BCUT2D eigenvalue weighted by Crippen LogP contribution is 2.16. The van der Waals surface area contributed by atoms with Gasteiger partial charge in [0, 0.05) is 5.92 Å². The third-order valence-corrected chi connectivity index (χ3v) is 2.65. The second-order valence-corrected chi connectivity index (χ2v) is 3.68. The SMILES string of the molecule is C=CCCCN1CCC(C#N)CC1. The van der Waals surface area contributed by atoms with Crippen molar-refractivity contribution in [2.45, 2.75) is 25.7 Å². The minimum absolute atomic E-state index is 0.315. The van der Waals surface area contributed by atoms with Gasteiger partial charge < -0.3 is 4.90 Å². The van der Waals surface area contributed by atoms with Crippen molar-refractivity contribution in [2.75, 3.05) is 19.6 Å². The summed E-state index contributed by atoms with van der Waals surface area (Å²) in [5, 5.41) is 8.71. The molecule has 1 fully saturated rings. The number of allylic oxidation sites excluding steroid dienone is 1. The Bertz CT molecular complexity index is 185. The Kier molecular flexibility index (Phi) is 4.56. The first-order valence-corrected chi connectivity index (χ1v) is 5.09. The van der Waals surface area contributed by atoms with Crippen molar-refractivity contribution in [1.29, 1.82) is 5.26 Å². The zero-order valence-corrected chi connectivity index (χ0v) is 8.21. The summed E-state index contributed by atoms with van der Waals surface area (Å²) in [6, 6.07) is 2.35. The Morgan fingerprint density at radius 2 is 2.15 bits per heavy atom. The van der Waals surface area contributed by atoms with Crippen LogP contribution in [0.25, 0.3) is 0 Å². The highest BCUT2D eigenvalue weighted by atomic mass is 15.1. The molecule has 1 saturated heterocycles. The fourth-order valence-corrected chi connectivity index (χ4v) is 1.74. The smallest absolute Gasteiger partial charge is 0.0656 e. The van der Waals surface area contributed by atoms with Crippen LogP contribution in [0.1, 0.15) is 25.7 Å². The normalized spacial score (nSPS) is 19.6. The summed E-state index contributed by atoms with van der Waals surface area (Å²) in [6.45, 7) is 7.09. The van der Waals surface area contributed by atoms with Crippen LogP contribution in [0, 0.1) is 17.2 Å². The van der Waals surface area contributed by atoms with E-state index in [0.29, 0.717) is 5.92 Å². The summed E-state index contributed by atoms with van der Waals surface area (Å²) in [5.74, 6) is 0.315. The molecule has 0 N–H and O–H groups in total.